The van der Waals surface area contributed by atoms with Crippen molar-refractivity contribution in [2.24, 2.45) is 4.99 Å². The fourth-order valence-corrected chi connectivity index (χ4v) is 3.85. The Labute approximate surface area is 149 Å². The molecule has 1 aromatic rings. The summed E-state index contributed by atoms with van der Waals surface area (Å²) in [4.78, 5) is 6.92. The standard InChI is InChI=1S/C18H29FN4S/c1-3-20-18(22-13-17-5-4-12-24-17)21-10-11-23(2)14-15-6-8-16(19)9-7-15/h6-9,17H,3-5,10-14H2,1-2H3,(H2,20,21,22). The SMILES string of the molecule is CCNC(=NCC1CCCS1)NCCN(C)Cc1ccc(F)cc1. The van der Waals surface area contributed by atoms with Crippen molar-refractivity contribution in [3.05, 3.63) is 35.6 Å². The maximum absolute atomic E-state index is 12.9. The van der Waals surface area contributed by atoms with Gasteiger partial charge >= 0.3 is 0 Å². The van der Waals surface area contributed by atoms with Crippen LogP contribution in [-0.4, -0.2) is 55.1 Å². The molecule has 1 fully saturated rings. The number of hydrogen-bond acceptors (Lipinski definition) is 3. The molecule has 6 heteroatoms. The summed E-state index contributed by atoms with van der Waals surface area (Å²) in [6.07, 6.45) is 2.61. The minimum Gasteiger partial charge on any atom is -0.357 e. The molecule has 1 saturated heterocycles. The molecule has 2 rings (SSSR count). The van der Waals surface area contributed by atoms with Crippen molar-refractivity contribution < 1.29 is 4.39 Å². The van der Waals surface area contributed by atoms with Gasteiger partial charge in [0.25, 0.3) is 0 Å². The molecule has 4 nitrogen and oxygen atoms in total. The Morgan fingerprint density at radius 2 is 2.12 bits per heavy atom. The summed E-state index contributed by atoms with van der Waals surface area (Å²) in [6, 6.07) is 6.70. The van der Waals surface area contributed by atoms with Gasteiger partial charge in [-0.05, 0) is 50.3 Å². The average molecular weight is 353 g/mol. The van der Waals surface area contributed by atoms with Crippen LogP contribution in [0.1, 0.15) is 25.3 Å². The molecule has 0 saturated carbocycles. The van der Waals surface area contributed by atoms with Crippen LogP contribution in [-0.2, 0) is 6.54 Å². The van der Waals surface area contributed by atoms with Crippen molar-refractivity contribution in [1.82, 2.24) is 15.5 Å². The molecule has 2 N–H and O–H groups in total. The first-order valence-corrected chi connectivity index (χ1v) is 9.79. The van der Waals surface area contributed by atoms with E-state index in [2.05, 4.69) is 29.5 Å². The summed E-state index contributed by atoms with van der Waals surface area (Å²) in [5.74, 6) is 1.99. The minimum absolute atomic E-state index is 0.185. The first-order valence-electron chi connectivity index (χ1n) is 8.74. The van der Waals surface area contributed by atoms with Gasteiger partial charge in [0.2, 0.25) is 0 Å². The fourth-order valence-electron chi connectivity index (χ4n) is 2.67. The molecular weight excluding hydrogens is 323 g/mol. The monoisotopic (exact) mass is 352 g/mol. The van der Waals surface area contributed by atoms with Gasteiger partial charge in [-0.15, -0.1) is 0 Å². The molecule has 1 aromatic carbocycles. The number of rotatable bonds is 8. The van der Waals surface area contributed by atoms with Gasteiger partial charge in [0.05, 0.1) is 6.54 Å². The number of benzene rings is 1. The number of hydrogen-bond donors (Lipinski definition) is 2. The van der Waals surface area contributed by atoms with Crippen LogP contribution in [0.25, 0.3) is 0 Å². The fraction of sp³-hybridized carbons (Fsp3) is 0.611. The molecule has 1 aliphatic rings. The van der Waals surface area contributed by atoms with Crippen LogP contribution < -0.4 is 10.6 Å². The number of halogens is 1. The smallest absolute Gasteiger partial charge is 0.191 e. The van der Waals surface area contributed by atoms with E-state index in [0.717, 1.165) is 44.2 Å². The van der Waals surface area contributed by atoms with Gasteiger partial charge in [-0.2, -0.15) is 11.8 Å². The molecule has 0 radical (unpaired) electrons. The number of nitrogens with zero attached hydrogens (tertiary/aromatic N) is 2. The number of likely N-dealkylation sites (N-methyl/N-ethyl adjacent to an activating group) is 1. The van der Waals surface area contributed by atoms with Gasteiger partial charge in [0.15, 0.2) is 5.96 Å². The second-order valence-corrected chi connectivity index (χ2v) is 7.55. The van der Waals surface area contributed by atoms with E-state index in [1.807, 2.05) is 23.9 Å². The van der Waals surface area contributed by atoms with E-state index in [-0.39, 0.29) is 5.82 Å². The van der Waals surface area contributed by atoms with Crippen LogP contribution in [0, 0.1) is 5.82 Å². The van der Waals surface area contributed by atoms with E-state index in [1.54, 1.807) is 0 Å². The highest BCUT2D eigenvalue weighted by atomic mass is 32.2. The molecule has 24 heavy (non-hydrogen) atoms. The lowest BCUT2D eigenvalue weighted by molar-refractivity contribution is 0.331. The maximum Gasteiger partial charge on any atom is 0.191 e. The van der Waals surface area contributed by atoms with Crippen LogP contribution in [0.2, 0.25) is 0 Å². The largest absolute Gasteiger partial charge is 0.357 e. The van der Waals surface area contributed by atoms with Gasteiger partial charge in [-0.3, -0.25) is 4.99 Å². The second kappa shape index (κ2) is 10.6. The predicted octanol–water partition coefficient (Wildman–Crippen LogP) is 2.71. The molecule has 0 amide bonds. The Bertz CT molecular complexity index is 500. The number of thioether (sulfide) groups is 1. The molecule has 0 bridgehead atoms. The first kappa shape index (κ1) is 19.1. The van der Waals surface area contributed by atoms with E-state index in [0.29, 0.717) is 5.25 Å². The molecule has 0 spiro atoms. The highest BCUT2D eigenvalue weighted by Crippen LogP contribution is 2.25. The molecule has 1 unspecified atom stereocenters. The van der Waals surface area contributed by atoms with Gasteiger partial charge in [-0.25, -0.2) is 4.39 Å². The van der Waals surface area contributed by atoms with Gasteiger partial charge in [-0.1, -0.05) is 12.1 Å². The number of nitrogens with one attached hydrogen (secondary N) is 2. The van der Waals surface area contributed by atoms with Crippen LogP contribution >= 0.6 is 11.8 Å². The van der Waals surface area contributed by atoms with Crippen LogP contribution in [0.3, 0.4) is 0 Å². The molecule has 1 atom stereocenters. The summed E-state index contributed by atoms with van der Waals surface area (Å²) in [5.41, 5.74) is 1.12. The molecular formula is C18H29FN4S. The van der Waals surface area contributed by atoms with E-state index >= 15 is 0 Å². The number of guanidine groups is 1. The average Bonchev–Trinajstić information content (AvgIpc) is 3.08. The Balaban J connectivity index is 1.70. The maximum atomic E-state index is 12.9. The van der Waals surface area contributed by atoms with Gasteiger partial charge in [0.1, 0.15) is 5.82 Å². The Morgan fingerprint density at radius 3 is 2.79 bits per heavy atom. The van der Waals surface area contributed by atoms with Crippen molar-refractivity contribution >= 4 is 17.7 Å². The van der Waals surface area contributed by atoms with Crippen molar-refractivity contribution in [3.63, 3.8) is 0 Å². The lowest BCUT2D eigenvalue weighted by atomic mass is 10.2. The summed E-state index contributed by atoms with van der Waals surface area (Å²) in [7, 11) is 2.07. The zero-order valence-corrected chi connectivity index (χ0v) is 15.5. The summed E-state index contributed by atoms with van der Waals surface area (Å²) in [6.45, 7) is 6.40. The molecule has 1 heterocycles. The predicted molar refractivity (Wildman–Crippen MR) is 102 cm³/mol. The Hall–Kier alpha value is -1.27. The molecule has 0 aromatic heterocycles. The van der Waals surface area contributed by atoms with Crippen LogP contribution in [0.15, 0.2) is 29.3 Å². The third kappa shape index (κ3) is 7.09. The topological polar surface area (TPSA) is 39.7 Å². The normalized spacial score (nSPS) is 18.2. The second-order valence-electron chi connectivity index (χ2n) is 6.15. The van der Waals surface area contributed by atoms with Crippen molar-refractivity contribution in [2.45, 2.75) is 31.6 Å². The van der Waals surface area contributed by atoms with Gasteiger partial charge < -0.3 is 15.5 Å². The van der Waals surface area contributed by atoms with E-state index < -0.39 is 0 Å². The van der Waals surface area contributed by atoms with Crippen molar-refractivity contribution in [2.75, 3.05) is 39.0 Å². The molecule has 134 valence electrons. The number of aliphatic imine (C=N–C) groups is 1. The zero-order chi connectivity index (χ0) is 17.2. The highest BCUT2D eigenvalue weighted by Gasteiger charge is 2.14. The van der Waals surface area contributed by atoms with Crippen molar-refractivity contribution in [3.8, 4) is 0 Å². The molecule has 0 aliphatic carbocycles. The summed E-state index contributed by atoms with van der Waals surface area (Å²) >= 11 is 2.04. The first-order chi connectivity index (χ1) is 11.7. The minimum atomic E-state index is -0.185. The van der Waals surface area contributed by atoms with E-state index in [1.165, 1.54) is 30.7 Å². The van der Waals surface area contributed by atoms with Gasteiger partial charge in [0, 0.05) is 31.4 Å². The zero-order valence-electron chi connectivity index (χ0n) is 14.7. The Kier molecular flexibility index (Phi) is 8.39. The third-order valence-electron chi connectivity index (χ3n) is 3.97. The lowest BCUT2D eigenvalue weighted by Crippen LogP contribution is -2.41. The third-order valence-corrected chi connectivity index (χ3v) is 5.35. The van der Waals surface area contributed by atoms with E-state index in [9.17, 15) is 4.39 Å². The lowest BCUT2D eigenvalue weighted by Gasteiger charge is -2.18. The van der Waals surface area contributed by atoms with E-state index in [4.69, 9.17) is 4.99 Å². The summed E-state index contributed by atoms with van der Waals surface area (Å²) < 4.78 is 12.9. The quantitative estimate of drug-likeness (QED) is 0.557. The Morgan fingerprint density at radius 1 is 1.33 bits per heavy atom. The van der Waals surface area contributed by atoms with Crippen molar-refractivity contribution in [1.29, 1.82) is 0 Å². The summed E-state index contributed by atoms with van der Waals surface area (Å²) in [5, 5.41) is 7.39. The van der Waals surface area contributed by atoms with Crippen LogP contribution in [0.4, 0.5) is 4.39 Å². The highest BCUT2D eigenvalue weighted by molar-refractivity contribution is 8.00. The molecule has 1 aliphatic heterocycles. The van der Waals surface area contributed by atoms with Crippen LogP contribution in [0.5, 0.6) is 0 Å².